The Morgan fingerprint density at radius 1 is 1.03 bits per heavy atom. The molecule has 2 atom stereocenters. The lowest BCUT2D eigenvalue weighted by Gasteiger charge is -2.31. The number of amides is 2. The fourth-order valence-corrected chi connectivity index (χ4v) is 3.89. The maximum absolute atomic E-state index is 13.4. The maximum Gasteiger partial charge on any atom is 0.261 e. The molecule has 2 amide bonds. The number of benzene rings is 2. The number of hydrogen-bond donors (Lipinski definition) is 1. The van der Waals surface area contributed by atoms with E-state index in [4.69, 9.17) is 27.9 Å². The lowest BCUT2D eigenvalue weighted by Crippen LogP contribution is -2.51. The summed E-state index contributed by atoms with van der Waals surface area (Å²) in [5, 5.41) is 3.84. The lowest BCUT2D eigenvalue weighted by atomic mass is 10.1. The summed E-state index contributed by atoms with van der Waals surface area (Å²) in [6.45, 7) is 11.9. The number of carbonyl (C=O) groups is 2. The number of nitrogens with zero attached hydrogens (tertiary/aromatic N) is 1. The van der Waals surface area contributed by atoms with Crippen LogP contribution in [0.1, 0.15) is 55.9 Å². The van der Waals surface area contributed by atoms with Crippen molar-refractivity contribution in [2.24, 2.45) is 0 Å². The molecule has 0 aliphatic carbocycles. The number of hydrogen-bond acceptors (Lipinski definition) is 3. The highest BCUT2D eigenvalue weighted by Gasteiger charge is 2.29. The van der Waals surface area contributed by atoms with E-state index in [0.717, 1.165) is 28.7 Å². The van der Waals surface area contributed by atoms with Gasteiger partial charge in [0, 0.05) is 12.6 Å². The number of rotatable bonds is 10. The van der Waals surface area contributed by atoms with Gasteiger partial charge in [0.1, 0.15) is 11.8 Å². The molecule has 0 aliphatic rings. The molecule has 2 rings (SSSR count). The summed E-state index contributed by atoms with van der Waals surface area (Å²) in [4.78, 5) is 28.0. The standard InChI is InChI=1S/C26H34Cl2N2O3/c1-7-18(5)29-26(32)23(8-2)30(14-20-9-10-21(27)22(28)13-20)25(31)15-33-24-12-16(3)11-17(4)19(24)6/h9-13,18,23H,7-8,14-15H2,1-6H3,(H,29,32)/t18-,23-/m1/s1. The maximum atomic E-state index is 13.4. The molecule has 1 N–H and O–H groups in total. The Bertz CT molecular complexity index is 994. The highest BCUT2D eigenvalue weighted by Crippen LogP contribution is 2.25. The zero-order valence-electron chi connectivity index (χ0n) is 20.3. The van der Waals surface area contributed by atoms with Gasteiger partial charge < -0.3 is 15.0 Å². The van der Waals surface area contributed by atoms with Gasteiger partial charge in [-0.1, -0.05) is 49.2 Å². The monoisotopic (exact) mass is 492 g/mol. The normalized spacial score (nSPS) is 12.7. The van der Waals surface area contributed by atoms with Crippen LogP contribution in [-0.2, 0) is 16.1 Å². The Kier molecular flexibility index (Phi) is 10.1. The molecule has 0 aliphatic heterocycles. The average molecular weight is 493 g/mol. The summed E-state index contributed by atoms with van der Waals surface area (Å²) >= 11 is 12.2. The third kappa shape index (κ3) is 7.38. The van der Waals surface area contributed by atoms with Crippen LogP contribution >= 0.6 is 23.2 Å². The summed E-state index contributed by atoms with van der Waals surface area (Å²) in [5.41, 5.74) is 3.94. The summed E-state index contributed by atoms with van der Waals surface area (Å²) in [7, 11) is 0. The van der Waals surface area contributed by atoms with Crippen LogP contribution in [0.5, 0.6) is 5.75 Å². The van der Waals surface area contributed by atoms with E-state index in [1.807, 2.05) is 53.7 Å². The summed E-state index contributed by atoms with van der Waals surface area (Å²) in [6.07, 6.45) is 1.27. The van der Waals surface area contributed by atoms with Gasteiger partial charge in [-0.2, -0.15) is 0 Å². The fraction of sp³-hybridized carbons (Fsp3) is 0.462. The van der Waals surface area contributed by atoms with Crippen molar-refractivity contribution in [1.29, 1.82) is 0 Å². The molecule has 0 unspecified atom stereocenters. The lowest BCUT2D eigenvalue weighted by molar-refractivity contribution is -0.143. The van der Waals surface area contributed by atoms with Crippen LogP contribution < -0.4 is 10.1 Å². The molecule has 0 fully saturated rings. The Hall–Kier alpha value is -2.24. The molecule has 0 aromatic heterocycles. The first-order chi connectivity index (χ1) is 15.6. The van der Waals surface area contributed by atoms with Crippen LogP contribution in [0.3, 0.4) is 0 Å². The number of halogens is 2. The summed E-state index contributed by atoms with van der Waals surface area (Å²) < 4.78 is 5.93. The van der Waals surface area contributed by atoms with E-state index in [1.165, 1.54) is 0 Å². The minimum absolute atomic E-state index is 0.0163. The van der Waals surface area contributed by atoms with Crippen molar-refractivity contribution in [1.82, 2.24) is 10.2 Å². The molecule has 0 saturated carbocycles. The minimum atomic E-state index is -0.634. The second kappa shape index (κ2) is 12.3. The van der Waals surface area contributed by atoms with Crippen LogP contribution in [-0.4, -0.2) is 35.4 Å². The third-order valence-corrected chi connectivity index (χ3v) is 6.58. The molecular weight excluding hydrogens is 459 g/mol. The number of aryl methyl sites for hydroxylation is 2. The van der Waals surface area contributed by atoms with Gasteiger partial charge in [0.15, 0.2) is 6.61 Å². The van der Waals surface area contributed by atoms with Gasteiger partial charge in [-0.05, 0) is 81.0 Å². The molecule has 2 aromatic carbocycles. The van der Waals surface area contributed by atoms with E-state index >= 15 is 0 Å². The highest BCUT2D eigenvalue weighted by molar-refractivity contribution is 6.42. The zero-order valence-corrected chi connectivity index (χ0v) is 21.8. The van der Waals surface area contributed by atoms with Gasteiger partial charge in [0.2, 0.25) is 5.91 Å². The van der Waals surface area contributed by atoms with Crippen LogP contribution in [0.2, 0.25) is 10.0 Å². The Labute approximate surface area is 207 Å². The Morgan fingerprint density at radius 2 is 1.73 bits per heavy atom. The first-order valence-corrected chi connectivity index (χ1v) is 12.1. The topological polar surface area (TPSA) is 58.6 Å². The average Bonchev–Trinajstić information content (AvgIpc) is 2.77. The van der Waals surface area contributed by atoms with E-state index in [-0.39, 0.29) is 31.0 Å². The molecule has 7 heteroatoms. The molecule has 0 saturated heterocycles. The number of nitrogens with one attached hydrogen (secondary N) is 1. The van der Waals surface area contributed by atoms with Gasteiger partial charge in [-0.25, -0.2) is 0 Å². The minimum Gasteiger partial charge on any atom is -0.483 e. The van der Waals surface area contributed by atoms with Crippen molar-refractivity contribution in [3.05, 3.63) is 62.6 Å². The molecule has 0 spiro atoms. The zero-order chi connectivity index (χ0) is 24.7. The van der Waals surface area contributed by atoms with Crippen LogP contribution in [0.15, 0.2) is 30.3 Å². The summed E-state index contributed by atoms with van der Waals surface area (Å²) in [5.74, 6) is 0.223. The third-order valence-electron chi connectivity index (χ3n) is 5.84. The van der Waals surface area contributed by atoms with Crippen LogP contribution in [0.25, 0.3) is 0 Å². The second-order valence-electron chi connectivity index (χ2n) is 8.51. The van der Waals surface area contributed by atoms with E-state index < -0.39 is 6.04 Å². The smallest absolute Gasteiger partial charge is 0.261 e. The second-order valence-corrected chi connectivity index (χ2v) is 9.32. The molecular formula is C26H34Cl2N2O3. The highest BCUT2D eigenvalue weighted by atomic mass is 35.5. The predicted molar refractivity (Wildman–Crippen MR) is 135 cm³/mol. The molecule has 0 radical (unpaired) electrons. The number of ether oxygens (including phenoxy) is 1. The van der Waals surface area contributed by atoms with Crippen molar-refractivity contribution >= 4 is 35.0 Å². The van der Waals surface area contributed by atoms with Gasteiger partial charge in [-0.3, -0.25) is 9.59 Å². The SMILES string of the molecule is CC[C@@H](C)NC(=O)[C@@H](CC)N(Cc1ccc(Cl)c(Cl)c1)C(=O)COc1cc(C)cc(C)c1C. The quantitative estimate of drug-likeness (QED) is 0.440. The van der Waals surface area contributed by atoms with Gasteiger partial charge >= 0.3 is 0 Å². The molecule has 0 bridgehead atoms. The first kappa shape index (κ1) is 27.0. The molecule has 5 nitrogen and oxygen atoms in total. The van der Waals surface area contributed by atoms with Crippen molar-refractivity contribution in [3.8, 4) is 5.75 Å². The van der Waals surface area contributed by atoms with E-state index in [9.17, 15) is 9.59 Å². The van der Waals surface area contributed by atoms with Gasteiger partial charge in [0.25, 0.3) is 5.91 Å². The molecule has 0 heterocycles. The van der Waals surface area contributed by atoms with E-state index in [1.54, 1.807) is 17.0 Å². The first-order valence-electron chi connectivity index (χ1n) is 11.3. The van der Waals surface area contributed by atoms with Crippen LogP contribution in [0, 0.1) is 20.8 Å². The van der Waals surface area contributed by atoms with Gasteiger partial charge in [-0.15, -0.1) is 0 Å². The Balaban J connectivity index is 2.30. The fourth-order valence-electron chi connectivity index (χ4n) is 3.57. The predicted octanol–water partition coefficient (Wildman–Crippen LogP) is 6.02. The van der Waals surface area contributed by atoms with Crippen molar-refractivity contribution < 1.29 is 14.3 Å². The van der Waals surface area contributed by atoms with E-state index in [0.29, 0.717) is 22.2 Å². The largest absolute Gasteiger partial charge is 0.483 e. The number of carbonyl (C=O) groups excluding carboxylic acids is 2. The summed E-state index contributed by atoms with van der Waals surface area (Å²) in [6, 6.07) is 8.60. The molecule has 33 heavy (non-hydrogen) atoms. The molecule has 180 valence electrons. The van der Waals surface area contributed by atoms with E-state index in [2.05, 4.69) is 11.4 Å². The van der Waals surface area contributed by atoms with Crippen molar-refractivity contribution in [2.45, 2.75) is 73.0 Å². The van der Waals surface area contributed by atoms with Crippen molar-refractivity contribution in [3.63, 3.8) is 0 Å². The molecule has 2 aromatic rings. The van der Waals surface area contributed by atoms with Crippen LogP contribution in [0.4, 0.5) is 0 Å². The van der Waals surface area contributed by atoms with Gasteiger partial charge in [0.05, 0.1) is 10.0 Å². The van der Waals surface area contributed by atoms with Crippen molar-refractivity contribution in [2.75, 3.05) is 6.61 Å². The Morgan fingerprint density at radius 3 is 2.33 bits per heavy atom.